The molecule has 3 heterocycles. The number of amides is 1. The Hall–Kier alpha value is -2.30. The topological polar surface area (TPSA) is 82.6 Å². The van der Waals surface area contributed by atoms with Gasteiger partial charge >= 0.3 is 0 Å². The highest BCUT2D eigenvalue weighted by Crippen LogP contribution is 2.28. The minimum Gasteiger partial charge on any atom is -0.371 e. The highest BCUT2D eigenvalue weighted by Gasteiger charge is 2.34. The highest BCUT2D eigenvalue weighted by atomic mass is 35.5. The third-order valence-corrected chi connectivity index (χ3v) is 8.63. The maximum atomic E-state index is 13.5. The Balaban J connectivity index is 1.25. The summed E-state index contributed by atoms with van der Waals surface area (Å²) in [4.78, 5) is 18.4. The van der Waals surface area contributed by atoms with Gasteiger partial charge in [-0.1, -0.05) is 11.6 Å². The van der Waals surface area contributed by atoms with Gasteiger partial charge in [0.15, 0.2) is 11.6 Å². The number of carbonyl (C=O) groups excluding carboxylic acids is 1. The summed E-state index contributed by atoms with van der Waals surface area (Å²) in [6.07, 6.45) is 3.12. The van der Waals surface area contributed by atoms with Gasteiger partial charge in [-0.15, -0.1) is 0 Å². The van der Waals surface area contributed by atoms with E-state index in [0.717, 1.165) is 12.5 Å². The second kappa shape index (κ2) is 9.90. The molecule has 0 bridgehead atoms. The molecule has 2 aromatic rings. The van der Waals surface area contributed by atoms with Crippen LogP contribution in [0.15, 0.2) is 41.4 Å². The number of sulfonamides is 1. The fourth-order valence-electron chi connectivity index (χ4n) is 4.37. The lowest BCUT2D eigenvalue weighted by molar-refractivity contribution is -0.126. The fourth-order valence-corrected chi connectivity index (χ4v) is 6.26. The molecule has 2 saturated heterocycles. The summed E-state index contributed by atoms with van der Waals surface area (Å²) >= 11 is 5.95. The van der Waals surface area contributed by atoms with Crippen LogP contribution < -0.4 is 10.2 Å². The number of nitrogens with one attached hydrogen (secondary N) is 1. The Morgan fingerprint density at radius 3 is 2.58 bits per heavy atom. The van der Waals surface area contributed by atoms with E-state index in [1.165, 1.54) is 28.7 Å². The number of carbonyl (C=O) groups is 1. The molecule has 1 unspecified atom stereocenters. The number of rotatable bonds is 6. The Kier molecular flexibility index (Phi) is 7.16. The van der Waals surface area contributed by atoms with Crippen molar-refractivity contribution in [2.45, 2.75) is 24.2 Å². The van der Waals surface area contributed by atoms with Gasteiger partial charge in [0.2, 0.25) is 15.9 Å². The van der Waals surface area contributed by atoms with Crippen molar-refractivity contribution in [3.05, 3.63) is 53.3 Å². The summed E-state index contributed by atoms with van der Waals surface area (Å²) in [5.74, 6) is -1.88. The van der Waals surface area contributed by atoms with Crippen molar-refractivity contribution < 1.29 is 22.0 Å². The first-order chi connectivity index (χ1) is 15.8. The van der Waals surface area contributed by atoms with E-state index in [1.807, 2.05) is 4.90 Å². The predicted octanol–water partition coefficient (Wildman–Crippen LogP) is 3.06. The maximum absolute atomic E-state index is 13.5. The number of halogens is 3. The van der Waals surface area contributed by atoms with Gasteiger partial charge in [0.05, 0.1) is 0 Å². The number of nitrogens with zero attached hydrogens (tertiary/aromatic N) is 3. The lowest BCUT2D eigenvalue weighted by atomic mass is 9.97. The van der Waals surface area contributed by atoms with Crippen molar-refractivity contribution in [2.24, 2.45) is 11.8 Å². The zero-order valence-corrected chi connectivity index (χ0v) is 19.5. The largest absolute Gasteiger partial charge is 0.371 e. The normalized spacial score (nSPS) is 20.2. The monoisotopic (exact) mass is 498 g/mol. The third-order valence-electron chi connectivity index (χ3n) is 6.29. The Morgan fingerprint density at radius 1 is 1.12 bits per heavy atom. The van der Waals surface area contributed by atoms with Crippen LogP contribution in [0, 0.1) is 23.5 Å². The van der Waals surface area contributed by atoms with Crippen LogP contribution in [0.5, 0.6) is 0 Å². The van der Waals surface area contributed by atoms with E-state index in [-0.39, 0.29) is 40.9 Å². The molecule has 2 fully saturated rings. The number of pyridine rings is 1. The summed E-state index contributed by atoms with van der Waals surface area (Å²) in [5.41, 5.74) is 0.630. The van der Waals surface area contributed by atoms with Crippen molar-refractivity contribution in [3.8, 4) is 0 Å². The molecule has 1 aromatic carbocycles. The summed E-state index contributed by atoms with van der Waals surface area (Å²) in [6, 6.07) is 6.82. The van der Waals surface area contributed by atoms with Crippen LogP contribution in [0.1, 0.15) is 19.3 Å². The molecule has 1 amide bonds. The van der Waals surface area contributed by atoms with Crippen molar-refractivity contribution in [1.82, 2.24) is 14.6 Å². The summed E-state index contributed by atoms with van der Waals surface area (Å²) in [6.45, 7) is 2.31. The van der Waals surface area contributed by atoms with Crippen LogP contribution in [0.25, 0.3) is 0 Å². The Labute approximate surface area is 196 Å². The summed E-state index contributed by atoms with van der Waals surface area (Å²) in [5, 5.41) is 2.92. The number of aromatic nitrogens is 1. The van der Waals surface area contributed by atoms with Gasteiger partial charge < -0.3 is 10.2 Å². The van der Waals surface area contributed by atoms with Gasteiger partial charge in [0, 0.05) is 56.6 Å². The molecule has 33 heavy (non-hydrogen) atoms. The van der Waals surface area contributed by atoms with Crippen molar-refractivity contribution in [2.75, 3.05) is 37.6 Å². The Bertz CT molecular complexity index is 1130. The zero-order chi connectivity index (χ0) is 23.6. The maximum Gasteiger partial charge on any atom is 0.246 e. The molecule has 1 N–H and O–H groups in total. The predicted molar refractivity (Wildman–Crippen MR) is 120 cm³/mol. The molecule has 11 heteroatoms. The van der Waals surface area contributed by atoms with Crippen molar-refractivity contribution >= 4 is 33.2 Å². The smallest absolute Gasteiger partial charge is 0.246 e. The number of hydrogen-bond acceptors (Lipinski definition) is 5. The number of piperidine rings is 1. The molecule has 2 aliphatic rings. The van der Waals surface area contributed by atoms with E-state index < -0.39 is 21.7 Å². The fraction of sp³-hybridized carbons (Fsp3) is 0.455. The highest BCUT2D eigenvalue weighted by molar-refractivity contribution is 7.89. The van der Waals surface area contributed by atoms with Crippen LogP contribution in [0.2, 0.25) is 5.15 Å². The second-order valence-electron chi connectivity index (χ2n) is 8.41. The first-order valence-corrected chi connectivity index (χ1v) is 12.7. The molecule has 0 saturated carbocycles. The van der Waals surface area contributed by atoms with Crippen molar-refractivity contribution in [1.29, 1.82) is 0 Å². The van der Waals surface area contributed by atoms with E-state index >= 15 is 0 Å². The second-order valence-corrected chi connectivity index (χ2v) is 10.7. The average molecular weight is 499 g/mol. The van der Waals surface area contributed by atoms with Gasteiger partial charge in [-0.2, -0.15) is 4.31 Å². The first-order valence-electron chi connectivity index (χ1n) is 10.8. The summed E-state index contributed by atoms with van der Waals surface area (Å²) < 4.78 is 53.6. The molecule has 0 radical (unpaired) electrons. The molecule has 0 spiro atoms. The molecular formula is C22H25ClF2N4O3S. The number of hydrogen-bond donors (Lipinski definition) is 1. The lowest BCUT2D eigenvalue weighted by Gasteiger charge is -2.30. The van der Waals surface area contributed by atoms with Gasteiger partial charge in [-0.05, 0) is 49.4 Å². The molecular weight excluding hydrogens is 474 g/mol. The van der Waals surface area contributed by atoms with E-state index in [4.69, 9.17) is 11.6 Å². The first kappa shape index (κ1) is 23.8. The minimum atomic E-state index is -3.75. The lowest BCUT2D eigenvalue weighted by Crippen LogP contribution is -2.44. The van der Waals surface area contributed by atoms with E-state index in [0.29, 0.717) is 38.2 Å². The van der Waals surface area contributed by atoms with Crippen LogP contribution in [0.3, 0.4) is 0 Å². The van der Waals surface area contributed by atoms with E-state index in [9.17, 15) is 22.0 Å². The number of anilines is 1. The van der Waals surface area contributed by atoms with Crippen LogP contribution >= 0.6 is 11.6 Å². The van der Waals surface area contributed by atoms with Crippen LogP contribution in [0.4, 0.5) is 14.5 Å². The molecule has 0 aliphatic carbocycles. The molecule has 7 nitrogen and oxygen atoms in total. The quantitative estimate of drug-likeness (QED) is 0.619. The Morgan fingerprint density at radius 2 is 1.88 bits per heavy atom. The average Bonchev–Trinajstić information content (AvgIpc) is 3.28. The van der Waals surface area contributed by atoms with Gasteiger partial charge in [0.1, 0.15) is 10.0 Å². The van der Waals surface area contributed by atoms with Crippen LogP contribution in [-0.2, 0) is 14.8 Å². The third kappa shape index (κ3) is 5.28. The standard InChI is InChI=1S/C22H25ClF2N4O3S/c23-21-20(2-1-8-26-21)33(31,32)29-10-6-16(7-11-29)22(30)27-13-15-5-9-28(14-15)17-3-4-18(24)19(25)12-17/h1-4,8,12,15-16H,5-7,9-11,13-14H2,(H,27,30). The van der Waals surface area contributed by atoms with Crippen LogP contribution in [-0.4, -0.2) is 56.3 Å². The van der Waals surface area contributed by atoms with Crippen molar-refractivity contribution in [3.63, 3.8) is 0 Å². The van der Waals surface area contributed by atoms with Gasteiger partial charge in [0.25, 0.3) is 0 Å². The molecule has 4 rings (SSSR count). The molecule has 178 valence electrons. The summed E-state index contributed by atoms with van der Waals surface area (Å²) in [7, 11) is -3.75. The molecule has 1 aromatic heterocycles. The van der Waals surface area contributed by atoms with Gasteiger partial charge in [-0.25, -0.2) is 22.2 Å². The minimum absolute atomic E-state index is 0.0265. The SMILES string of the molecule is O=C(NCC1CCN(c2ccc(F)c(F)c2)C1)C1CCN(S(=O)(=O)c2cccnc2Cl)CC1. The molecule has 2 aliphatic heterocycles. The zero-order valence-electron chi connectivity index (χ0n) is 17.9. The molecule has 1 atom stereocenters. The number of benzene rings is 1. The van der Waals surface area contributed by atoms with E-state index in [1.54, 1.807) is 6.07 Å². The van der Waals surface area contributed by atoms with Gasteiger partial charge in [-0.3, -0.25) is 4.79 Å². The van der Waals surface area contributed by atoms with E-state index in [2.05, 4.69) is 10.3 Å².